The molecule has 0 aliphatic carbocycles. The van der Waals surface area contributed by atoms with Crippen molar-refractivity contribution in [2.45, 2.75) is 19.9 Å². The minimum atomic E-state index is 0.766. The number of ether oxygens (including phenoxy) is 1. The van der Waals surface area contributed by atoms with Gasteiger partial charge in [-0.15, -0.1) is 0 Å². The van der Waals surface area contributed by atoms with Crippen LogP contribution in [0.1, 0.15) is 17.5 Å². The molecule has 0 aliphatic rings. The van der Waals surface area contributed by atoms with E-state index in [1.807, 2.05) is 0 Å². The van der Waals surface area contributed by atoms with E-state index in [1.54, 1.807) is 14.2 Å². The van der Waals surface area contributed by atoms with Crippen LogP contribution in [0.25, 0.3) is 0 Å². The Balaban J connectivity index is 2.34. The Labute approximate surface area is 109 Å². The lowest BCUT2D eigenvalue weighted by molar-refractivity contribution is 0.195. The molecule has 0 fully saturated rings. The molecule has 0 amide bonds. The summed E-state index contributed by atoms with van der Waals surface area (Å²) in [5, 5.41) is 6.55. The summed E-state index contributed by atoms with van der Waals surface area (Å²) in [7, 11) is 3.49. The van der Waals surface area contributed by atoms with E-state index in [4.69, 9.17) is 4.74 Å². The van der Waals surface area contributed by atoms with Crippen molar-refractivity contribution in [2.75, 3.05) is 27.3 Å². The summed E-state index contributed by atoms with van der Waals surface area (Å²) >= 11 is 0. The van der Waals surface area contributed by atoms with Gasteiger partial charge in [0, 0.05) is 33.9 Å². The number of aryl methyl sites for hydroxylation is 1. The highest BCUT2D eigenvalue weighted by atomic mass is 16.5. The first kappa shape index (κ1) is 14.5. The van der Waals surface area contributed by atoms with Crippen LogP contribution in [0.15, 0.2) is 29.3 Å². The SMILES string of the molecule is CN=C(NCCCOC)NCc1ccccc1C. The standard InChI is InChI=1S/C14H23N3O/c1-12-7-4-5-8-13(12)11-17-14(15-2)16-9-6-10-18-3/h4-5,7-8H,6,9-11H2,1-3H3,(H2,15,16,17). The van der Waals surface area contributed by atoms with Gasteiger partial charge in [0.1, 0.15) is 0 Å². The minimum Gasteiger partial charge on any atom is -0.385 e. The van der Waals surface area contributed by atoms with E-state index in [0.717, 1.165) is 32.1 Å². The molecule has 0 aliphatic heterocycles. The Morgan fingerprint density at radius 1 is 1.28 bits per heavy atom. The van der Waals surface area contributed by atoms with Crippen LogP contribution in [0.3, 0.4) is 0 Å². The predicted octanol–water partition coefficient (Wildman–Crippen LogP) is 1.70. The van der Waals surface area contributed by atoms with Gasteiger partial charge in [-0.1, -0.05) is 24.3 Å². The van der Waals surface area contributed by atoms with Crippen LogP contribution in [0.4, 0.5) is 0 Å². The number of hydrogen-bond acceptors (Lipinski definition) is 2. The number of nitrogens with one attached hydrogen (secondary N) is 2. The first-order chi connectivity index (χ1) is 8.77. The maximum atomic E-state index is 5.00. The molecule has 0 unspecified atom stereocenters. The highest BCUT2D eigenvalue weighted by Gasteiger charge is 1.99. The van der Waals surface area contributed by atoms with E-state index in [9.17, 15) is 0 Å². The number of aliphatic imine (C=N–C) groups is 1. The molecular weight excluding hydrogens is 226 g/mol. The topological polar surface area (TPSA) is 45.7 Å². The van der Waals surface area contributed by atoms with Crippen LogP contribution >= 0.6 is 0 Å². The number of hydrogen-bond donors (Lipinski definition) is 2. The monoisotopic (exact) mass is 249 g/mol. The van der Waals surface area contributed by atoms with Gasteiger partial charge in [0.05, 0.1) is 0 Å². The second-order valence-electron chi connectivity index (χ2n) is 4.13. The summed E-state index contributed by atoms with van der Waals surface area (Å²) in [6.07, 6.45) is 0.974. The van der Waals surface area contributed by atoms with E-state index in [2.05, 4.69) is 46.8 Å². The second kappa shape index (κ2) is 8.53. The molecule has 0 heterocycles. The predicted molar refractivity (Wildman–Crippen MR) is 75.9 cm³/mol. The average molecular weight is 249 g/mol. The van der Waals surface area contributed by atoms with Crippen LogP contribution in [-0.2, 0) is 11.3 Å². The van der Waals surface area contributed by atoms with Crippen LogP contribution in [0.5, 0.6) is 0 Å². The maximum absolute atomic E-state index is 5.00. The third kappa shape index (κ3) is 5.19. The molecule has 0 saturated carbocycles. The summed E-state index contributed by atoms with van der Waals surface area (Å²) in [6.45, 7) is 4.53. The Morgan fingerprint density at radius 3 is 2.72 bits per heavy atom. The molecule has 0 aromatic heterocycles. The molecule has 1 aromatic rings. The van der Waals surface area contributed by atoms with Gasteiger partial charge in [-0.2, -0.15) is 0 Å². The summed E-state index contributed by atoms with van der Waals surface area (Å²) in [5.74, 6) is 0.828. The first-order valence-electron chi connectivity index (χ1n) is 6.26. The number of guanidine groups is 1. The number of nitrogens with zero attached hydrogens (tertiary/aromatic N) is 1. The lowest BCUT2D eigenvalue weighted by Crippen LogP contribution is -2.37. The fraction of sp³-hybridized carbons (Fsp3) is 0.500. The third-order valence-electron chi connectivity index (χ3n) is 2.75. The van der Waals surface area contributed by atoms with Gasteiger partial charge in [0.2, 0.25) is 0 Å². The molecule has 1 rings (SSSR count). The minimum absolute atomic E-state index is 0.766. The van der Waals surface area contributed by atoms with Crippen molar-refractivity contribution >= 4 is 5.96 Å². The Hall–Kier alpha value is -1.55. The van der Waals surface area contributed by atoms with Gasteiger partial charge in [-0.25, -0.2) is 0 Å². The largest absolute Gasteiger partial charge is 0.385 e. The molecule has 2 N–H and O–H groups in total. The zero-order valence-electron chi connectivity index (χ0n) is 11.5. The third-order valence-corrected chi connectivity index (χ3v) is 2.75. The Kier molecular flexibility index (Phi) is 6.87. The molecule has 18 heavy (non-hydrogen) atoms. The van der Waals surface area contributed by atoms with Crippen LogP contribution in [-0.4, -0.2) is 33.3 Å². The van der Waals surface area contributed by atoms with Crippen LogP contribution in [0, 0.1) is 6.92 Å². The zero-order valence-corrected chi connectivity index (χ0v) is 11.5. The molecule has 4 nitrogen and oxygen atoms in total. The van der Waals surface area contributed by atoms with Crippen molar-refractivity contribution in [3.63, 3.8) is 0 Å². The summed E-state index contributed by atoms with van der Waals surface area (Å²) in [6, 6.07) is 8.35. The molecule has 0 saturated heterocycles. The van der Waals surface area contributed by atoms with Gasteiger partial charge >= 0.3 is 0 Å². The molecule has 1 aromatic carbocycles. The van der Waals surface area contributed by atoms with Gasteiger partial charge in [-0.05, 0) is 24.5 Å². The number of benzene rings is 1. The van der Waals surface area contributed by atoms with Crippen LogP contribution < -0.4 is 10.6 Å². The highest BCUT2D eigenvalue weighted by molar-refractivity contribution is 5.79. The van der Waals surface area contributed by atoms with Crippen LogP contribution in [0.2, 0.25) is 0 Å². The molecule has 4 heteroatoms. The van der Waals surface area contributed by atoms with Gasteiger partial charge in [0.15, 0.2) is 5.96 Å². The average Bonchev–Trinajstić information content (AvgIpc) is 2.40. The second-order valence-corrected chi connectivity index (χ2v) is 4.13. The van der Waals surface area contributed by atoms with Crippen molar-refractivity contribution in [1.29, 1.82) is 0 Å². The van der Waals surface area contributed by atoms with Crippen molar-refractivity contribution in [1.82, 2.24) is 10.6 Å². The first-order valence-corrected chi connectivity index (χ1v) is 6.26. The molecule has 0 atom stereocenters. The van der Waals surface area contributed by atoms with E-state index in [-0.39, 0.29) is 0 Å². The lowest BCUT2D eigenvalue weighted by atomic mass is 10.1. The molecule has 0 radical (unpaired) electrons. The quantitative estimate of drug-likeness (QED) is 0.458. The van der Waals surface area contributed by atoms with Crippen molar-refractivity contribution in [2.24, 2.45) is 4.99 Å². The summed E-state index contributed by atoms with van der Waals surface area (Å²) in [4.78, 5) is 4.18. The summed E-state index contributed by atoms with van der Waals surface area (Å²) in [5.41, 5.74) is 2.58. The molecule has 100 valence electrons. The molecular formula is C14H23N3O. The van der Waals surface area contributed by atoms with Gasteiger partial charge in [-0.3, -0.25) is 4.99 Å². The summed E-state index contributed by atoms with van der Waals surface area (Å²) < 4.78 is 5.00. The zero-order chi connectivity index (χ0) is 13.2. The smallest absolute Gasteiger partial charge is 0.191 e. The van der Waals surface area contributed by atoms with E-state index in [0.29, 0.717) is 0 Å². The van der Waals surface area contributed by atoms with Crippen molar-refractivity contribution in [3.8, 4) is 0 Å². The normalized spacial score (nSPS) is 11.4. The number of methoxy groups -OCH3 is 1. The van der Waals surface area contributed by atoms with E-state index < -0.39 is 0 Å². The maximum Gasteiger partial charge on any atom is 0.191 e. The Morgan fingerprint density at radius 2 is 2.06 bits per heavy atom. The fourth-order valence-corrected chi connectivity index (χ4v) is 1.63. The number of rotatable bonds is 6. The van der Waals surface area contributed by atoms with E-state index in [1.165, 1.54) is 11.1 Å². The van der Waals surface area contributed by atoms with Crippen molar-refractivity contribution in [3.05, 3.63) is 35.4 Å². The Bertz CT molecular complexity index is 377. The van der Waals surface area contributed by atoms with E-state index >= 15 is 0 Å². The van der Waals surface area contributed by atoms with Gasteiger partial charge < -0.3 is 15.4 Å². The van der Waals surface area contributed by atoms with Crippen molar-refractivity contribution < 1.29 is 4.74 Å². The lowest BCUT2D eigenvalue weighted by Gasteiger charge is -2.12. The van der Waals surface area contributed by atoms with Gasteiger partial charge in [0.25, 0.3) is 0 Å². The molecule has 0 bridgehead atoms. The highest BCUT2D eigenvalue weighted by Crippen LogP contribution is 2.05. The fourth-order valence-electron chi connectivity index (χ4n) is 1.63. The molecule has 0 spiro atoms.